The van der Waals surface area contributed by atoms with Gasteiger partial charge in [-0.25, -0.2) is 4.79 Å². The van der Waals surface area contributed by atoms with Crippen LogP contribution in [0.3, 0.4) is 0 Å². The van der Waals surface area contributed by atoms with E-state index >= 15 is 0 Å². The average Bonchev–Trinajstić information content (AvgIpc) is 2.75. The standard InChI is InChI=1S/C7H6BrNO3/c8-4-5(7(10)11)9-12-6(4)3-1-2-3/h3H,1-2H2,(H,10,11). The third-order valence-corrected chi connectivity index (χ3v) is 2.58. The highest BCUT2D eigenvalue weighted by molar-refractivity contribution is 9.10. The molecule has 5 heteroatoms. The number of hydrogen-bond acceptors (Lipinski definition) is 3. The van der Waals surface area contributed by atoms with Crippen molar-refractivity contribution in [2.75, 3.05) is 0 Å². The van der Waals surface area contributed by atoms with E-state index in [0.29, 0.717) is 16.2 Å². The number of aromatic nitrogens is 1. The fourth-order valence-corrected chi connectivity index (χ4v) is 1.66. The van der Waals surface area contributed by atoms with Crippen molar-refractivity contribution in [1.82, 2.24) is 5.16 Å². The number of carboxylic acids is 1. The molecule has 1 aromatic heterocycles. The molecule has 0 aromatic carbocycles. The maximum absolute atomic E-state index is 10.5. The van der Waals surface area contributed by atoms with Gasteiger partial charge in [0.15, 0.2) is 5.76 Å². The third kappa shape index (κ3) is 1.14. The molecule has 2 rings (SSSR count). The van der Waals surface area contributed by atoms with Gasteiger partial charge in [-0.15, -0.1) is 0 Å². The first kappa shape index (κ1) is 7.79. The van der Waals surface area contributed by atoms with Crippen molar-refractivity contribution in [3.05, 3.63) is 15.9 Å². The second-order valence-corrected chi connectivity index (χ2v) is 3.58. The molecule has 1 heterocycles. The van der Waals surface area contributed by atoms with Crippen LogP contribution in [-0.2, 0) is 0 Å². The van der Waals surface area contributed by atoms with Crippen molar-refractivity contribution in [3.63, 3.8) is 0 Å². The lowest BCUT2D eigenvalue weighted by molar-refractivity contribution is 0.0685. The van der Waals surface area contributed by atoms with E-state index in [1.165, 1.54) is 0 Å². The van der Waals surface area contributed by atoms with Crippen LogP contribution < -0.4 is 0 Å². The Morgan fingerprint density at radius 3 is 2.75 bits per heavy atom. The lowest BCUT2D eigenvalue weighted by Crippen LogP contribution is -1.96. The summed E-state index contributed by atoms with van der Waals surface area (Å²) in [6, 6.07) is 0. The molecule has 4 nitrogen and oxygen atoms in total. The molecule has 0 unspecified atom stereocenters. The summed E-state index contributed by atoms with van der Waals surface area (Å²) >= 11 is 3.16. The first-order valence-electron chi connectivity index (χ1n) is 3.58. The summed E-state index contributed by atoms with van der Waals surface area (Å²) in [6.07, 6.45) is 2.12. The summed E-state index contributed by atoms with van der Waals surface area (Å²) in [7, 11) is 0. The number of halogens is 1. The zero-order chi connectivity index (χ0) is 8.72. The Morgan fingerprint density at radius 1 is 1.67 bits per heavy atom. The van der Waals surface area contributed by atoms with Gasteiger partial charge >= 0.3 is 5.97 Å². The summed E-state index contributed by atoms with van der Waals surface area (Å²) in [5.41, 5.74) is -0.0306. The monoisotopic (exact) mass is 231 g/mol. The zero-order valence-corrected chi connectivity index (χ0v) is 7.67. The van der Waals surface area contributed by atoms with Crippen molar-refractivity contribution in [1.29, 1.82) is 0 Å². The molecule has 0 aliphatic heterocycles. The number of carboxylic acid groups (broad SMARTS) is 1. The Bertz CT molecular complexity index is 329. The van der Waals surface area contributed by atoms with Gasteiger partial charge in [-0.3, -0.25) is 0 Å². The van der Waals surface area contributed by atoms with E-state index in [1.807, 2.05) is 0 Å². The summed E-state index contributed by atoms with van der Waals surface area (Å²) in [5.74, 6) is -0.00935. The number of rotatable bonds is 2. The van der Waals surface area contributed by atoms with Crippen LogP contribution in [0.4, 0.5) is 0 Å². The lowest BCUT2D eigenvalue weighted by Gasteiger charge is -1.87. The van der Waals surface area contributed by atoms with E-state index in [9.17, 15) is 4.79 Å². The van der Waals surface area contributed by atoms with Gasteiger partial charge in [0.2, 0.25) is 5.69 Å². The predicted octanol–water partition coefficient (Wildman–Crippen LogP) is 2.01. The van der Waals surface area contributed by atoms with E-state index in [4.69, 9.17) is 9.63 Å². The third-order valence-electron chi connectivity index (χ3n) is 1.81. The molecule has 0 amide bonds. The second-order valence-electron chi connectivity index (χ2n) is 2.79. The Labute approximate surface area is 76.7 Å². The van der Waals surface area contributed by atoms with Crippen molar-refractivity contribution >= 4 is 21.9 Å². The Morgan fingerprint density at radius 2 is 2.33 bits per heavy atom. The van der Waals surface area contributed by atoms with E-state index in [-0.39, 0.29) is 5.69 Å². The molecule has 1 fully saturated rings. The minimum Gasteiger partial charge on any atom is -0.476 e. The van der Waals surface area contributed by atoms with Crippen LogP contribution in [0.1, 0.15) is 35.0 Å². The highest BCUT2D eigenvalue weighted by Crippen LogP contribution is 2.44. The minimum absolute atomic E-state index is 0.0306. The van der Waals surface area contributed by atoms with Gasteiger partial charge in [-0.05, 0) is 28.8 Å². The molecule has 1 aliphatic carbocycles. The topological polar surface area (TPSA) is 63.3 Å². The molecule has 0 bridgehead atoms. The van der Waals surface area contributed by atoms with Crippen LogP contribution in [0.25, 0.3) is 0 Å². The second kappa shape index (κ2) is 2.58. The summed E-state index contributed by atoms with van der Waals surface area (Å²) < 4.78 is 5.40. The van der Waals surface area contributed by atoms with Gasteiger partial charge in [0, 0.05) is 5.92 Å². The largest absolute Gasteiger partial charge is 0.476 e. The highest BCUT2D eigenvalue weighted by Gasteiger charge is 2.32. The number of carbonyl (C=O) groups is 1. The van der Waals surface area contributed by atoms with Crippen molar-refractivity contribution in [2.24, 2.45) is 0 Å². The fraction of sp³-hybridized carbons (Fsp3) is 0.429. The molecule has 1 saturated carbocycles. The van der Waals surface area contributed by atoms with Crippen LogP contribution >= 0.6 is 15.9 Å². The van der Waals surface area contributed by atoms with Gasteiger partial charge in [-0.1, -0.05) is 5.16 Å². The SMILES string of the molecule is O=C(O)c1noc(C2CC2)c1Br. The lowest BCUT2D eigenvalue weighted by atomic mass is 10.3. The summed E-state index contributed by atoms with van der Waals surface area (Å²) in [4.78, 5) is 10.5. The van der Waals surface area contributed by atoms with Crippen LogP contribution in [0.5, 0.6) is 0 Å². The predicted molar refractivity (Wildman–Crippen MR) is 43.1 cm³/mol. The van der Waals surface area contributed by atoms with Crippen LogP contribution in [0.2, 0.25) is 0 Å². The maximum atomic E-state index is 10.5. The molecular weight excluding hydrogens is 226 g/mol. The molecule has 0 radical (unpaired) electrons. The molecule has 1 aromatic rings. The zero-order valence-electron chi connectivity index (χ0n) is 6.08. The van der Waals surface area contributed by atoms with Crippen molar-refractivity contribution < 1.29 is 14.4 Å². The van der Waals surface area contributed by atoms with Gasteiger partial charge < -0.3 is 9.63 Å². The first-order valence-corrected chi connectivity index (χ1v) is 4.38. The van der Waals surface area contributed by atoms with E-state index in [2.05, 4.69) is 21.1 Å². The normalized spacial score (nSPS) is 16.4. The maximum Gasteiger partial charge on any atom is 0.359 e. The number of nitrogens with zero attached hydrogens (tertiary/aromatic N) is 1. The molecule has 64 valence electrons. The molecule has 0 spiro atoms. The Kier molecular flexibility index (Phi) is 1.68. The van der Waals surface area contributed by atoms with Gasteiger partial charge in [0.1, 0.15) is 0 Å². The van der Waals surface area contributed by atoms with E-state index < -0.39 is 5.97 Å². The quantitative estimate of drug-likeness (QED) is 0.846. The fourth-order valence-electron chi connectivity index (χ4n) is 1.02. The molecule has 1 N–H and O–H groups in total. The van der Waals surface area contributed by atoms with E-state index in [1.54, 1.807) is 0 Å². The van der Waals surface area contributed by atoms with Gasteiger partial charge in [0.25, 0.3) is 0 Å². The van der Waals surface area contributed by atoms with Gasteiger partial charge in [0.05, 0.1) is 4.47 Å². The highest BCUT2D eigenvalue weighted by atomic mass is 79.9. The average molecular weight is 232 g/mol. The molecular formula is C7H6BrNO3. The first-order chi connectivity index (χ1) is 5.70. The Hall–Kier alpha value is -0.840. The van der Waals surface area contributed by atoms with Crippen molar-refractivity contribution in [2.45, 2.75) is 18.8 Å². The Balaban J connectivity index is 2.39. The molecule has 12 heavy (non-hydrogen) atoms. The number of aromatic carboxylic acids is 1. The molecule has 1 aliphatic rings. The van der Waals surface area contributed by atoms with Crippen LogP contribution in [-0.4, -0.2) is 16.2 Å². The number of hydrogen-bond donors (Lipinski definition) is 1. The summed E-state index contributed by atoms with van der Waals surface area (Å²) in [6.45, 7) is 0. The molecule has 0 atom stereocenters. The molecule has 0 saturated heterocycles. The minimum atomic E-state index is -1.06. The smallest absolute Gasteiger partial charge is 0.359 e. The van der Waals surface area contributed by atoms with Crippen molar-refractivity contribution in [3.8, 4) is 0 Å². The van der Waals surface area contributed by atoms with E-state index in [0.717, 1.165) is 12.8 Å². The van der Waals surface area contributed by atoms with Crippen LogP contribution in [0, 0.1) is 0 Å². The summed E-state index contributed by atoms with van der Waals surface area (Å²) in [5, 5.41) is 12.1. The van der Waals surface area contributed by atoms with Gasteiger partial charge in [-0.2, -0.15) is 0 Å². The van der Waals surface area contributed by atoms with Crippen LogP contribution in [0.15, 0.2) is 9.00 Å².